The number of nitrogens with zero attached hydrogens (tertiary/aromatic N) is 2. The molecule has 1 aliphatic rings. The Hall–Kier alpha value is -1.55. The van der Waals surface area contributed by atoms with Crippen LogP contribution in [0.2, 0.25) is 0 Å². The normalized spacial score (nSPS) is 21.2. The third-order valence-corrected chi connectivity index (χ3v) is 2.95. The fourth-order valence-electron chi connectivity index (χ4n) is 2.05. The maximum atomic E-state index is 5.54. The molecule has 1 aromatic rings. The van der Waals surface area contributed by atoms with E-state index in [1.165, 1.54) is 12.8 Å². The second-order valence-corrected chi connectivity index (χ2v) is 4.10. The summed E-state index contributed by atoms with van der Waals surface area (Å²) in [6, 6.07) is 10.4. The van der Waals surface area contributed by atoms with Crippen molar-refractivity contribution in [3.05, 3.63) is 30.3 Å². The van der Waals surface area contributed by atoms with Crippen LogP contribution in [0.15, 0.2) is 35.3 Å². The Kier molecular flexibility index (Phi) is 3.41. The summed E-state index contributed by atoms with van der Waals surface area (Å²) in [5, 5.41) is 0. The van der Waals surface area contributed by atoms with Crippen LogP contribution < -0.4 is 11.3 Å². The summed E-state index contributed by atoms with van der Waals surface area (Å²) >= 11 is 0. The molecule has 3 N–H and O–H groups in total. The van der Waals surface area contributed by atoms with Crippen molar-refractivity contribution in [3.8, 4) is 0 Å². The third-order valence-electron chi connectivity index (χ3n) is 2.95. The molecule has 1 aromatic carbocycles. The standard InChI is InChI=1S/C12H18N4/c1-10-6-5-9-16(10)12(15-13)14-11-7-3-2-4-8-11/h2-4,7-8,10H,5-6,9,13H2,1H3,(H,14,15). The van der Waals surface area contributed by atoms with Crippen LogP contribution in [0.4, 0.5) is 5.69 Å². The highest BCUT2D eigenvalue weighted by molar-refractivity contribution is 5.82. The van der Waals surface area contributed by atoms with E-state index in [4.69, 9.17) is 5.84 Å². The molecule has 0 amide bonds. The van der Waals surface area contributed by atoms with Crippen molar-refractivity contribution in [1.29, 1.82) is 0 Å². The summed E-state index contributed by atoms with van der Waals surface area (Å²) in [4.78, 5) is 6.73. The summed E-state index contributed by atoms with van der Waals surface area (Å²) in [5.74, 6) is 6.30. The van der Waals surface area contributed by atoms with Crippen molar-refractivity contribution in [1.82, 2.24) is 10.3 Å². The average Bonchev–Trinajstić information content (AvgIpc) is 2.74. The number of hydrazine groups is 1. The molecular formula is C12H18N4. The van der Waals surface area contributed by atoms with Crippen LogP contribution in [-0.2, 0) is 0 Å². The van der Waals surface area contributed by atoms with Crippen molar-refractivity contribution >= 4 is 11.6 Å². The number of nitrogens with two attached hydrogens (primary N) is 1. The van der Waals surface area contributed by atoms with Crippen molar-refractivity contribution in [2.24, 2.45) is 10.8 Å². The van der Waals surface area contributed by atoms with Gasteiger partial charge in [0.05, 0.1) is 5.69 Å². The molecule has 4 heteroatoms. The van der Waals surface area contributed by atoms with Gasteiger partial charge in [0.1, 0.15) is 0 Å². The van der Waals surface area contributed by atoms with E-state index < -0.39 is 0 Å². The number of guanidine groups is 1. The smallest absolute Gasteiger partial charge is 0.213 e. The summed E-state index contributed by atoms with van der Waals surface area (Å²) < 4.78 is 0. The number of likely N-dealkylation sites (tertiary alicyclic amines) is 1. The first-order valence-corrected chi connectivity index (χ1v) is 5.68. The number of hydrogen-bond donors (Lipinski definition) is 2. The minimum absolute atomic E-state index is 0.513. The van der Waals surface area contributed by atoms with Gasteiger partial charge < -0.3 is 4.90 Å². The Morgan fingerprint density at radius 2 is 2.19 bits per heavy atom. The van der Waals surface area contributed by atoms with Crippen LogP contribution in [0.3, 0.4) is 0 Å². The van der Waals surface area contributed by atoms with E-state index in [0.717, 1.165) is 18.2 Å². The minimum Gasteiger partial charge on any atom is -0.339 e. The highest BCUT2D eigenvalue weighted by Crippen LogP contribution is 2.18. The summed E-state index contributed by atoms with van der Waals surface area (Å²) in [5.41, 5.74) is 3.62. The molecule has 0 aromatic heterocycles. The Balaban J connectivity index is 2.19. The zero-order valence-electron chi connectivity index (χ0n) is 9.56. The SMILES string of the molecule is CC1CCCN1C(=Nc1ccccc1)NN. The Labute approximate surface area is 96.1 Å². The van der Waals surface area contributed by atoms with Crippen LogP contribution in [0.5, 0.6) is 0 Å². The predicted molar refractivity (Wildman–Crippen MR) is 66.3 cm³/mol. The van der Waals surface area contributed by atoms with Gasteiger partial charge in [-0.1, -0.05) is 18.2 Å². The monoisotopic (exact) mass is 218 g/mol. The molecule has 4 nitrogen and oxygen atoms in total. The molecule has 0 aliphatic carbocycles. The van der Waals surface area contributed by atoms with Crippen LogP contribution in [0.25, 0.3) is 0 Å². The molecular weight excluding hydrogens is 200 g/mol. The number of aliphatic imine (C=N–C) groups is 1. The zero-order chi connectivity index (χ0) is 11.4. The summed E-state index contributed by atoms with van der Waals surface area (Å²) in [6.07, 6.45) is 2.41. The fourth-order valence-corrected chi connectivity index (χ4v) is 2.05. The molecule has 0 saturated carbocycles. The lowest BCUT2D eigenvalue weighted by atomic mass is 10.2. The second kappa shape index (κ2) is 4.99. The summed E-state index contributed by atoms with van der Waals surface area (Å²) in [7, 11) is 0. The van der Waals surface area contributed by atoms with Gasteiger partial charge in [0.2, 0.25) is 5.96 Å². The van der Waals surface area contributed by atoms with E-state index in [9.17, 15) is 0 Å². The molecule has 1 unspecified atom stereocenters. The van der Waals surface area contributed by atoms with Crippen LogP contribution >= 0.6 is 0 Å². The molecule has 86 valence electrons. The molecule has 0 radical (unpaired) electrons. The fraction of sp³-hybridized carbons (Fsp3) is 0.417. The minimum atomic E-state index is 0.513. The molecule has 1 fully saturated rings. The molecule has 1 aliphatic heterocycles. The molecule has 2 rings (SSSR count). The number of para-hydroxylation sites is 1. The van der Waals surface area contributed by atoms with Gasteiger partial charge in [-0.05, 0) is 31.9 Å². The topological polar surface area (TPSA) is 53.6 Å². The quantitative estimate of drug-likeness (QED) is 0.326. The lowest BCUT2D eigenvalue weighted by molar-refractivity contribution is 0.400. The number of rotatable bonds is 1. The van der Waals surface area contributed by atoms with Gasteiger partial charge in [-0.2, -0.15) is 0 Å². The first-order chi connectivity index (χ1) is 7.81. The maximum absolute atomic E-state index is 5.54. The molecule has 16 heavy (non-hydrogen) atoms. The number of benzene rings is 1. The van der Waals surface area contributed by atoms with E-state index in [-0.39, 0.29) is 0 Å². The first kappa shape index (κ1) is 11.0. The van der Waals surface area contributed by atoms with Gasteiger partial charge in [-0.3, -0.25) is 5.43 Å². The molecule has 1 heterocycles. The van der Waals surface area contributed by atoms with E-state index in [1.807, 2.05) is 30.3 Å². The average molecular weight is 218 g/mol. The van der Waals surface area contributed by atoms with Crippen molar-refractivity contribution in [2.45, 2.75) is 25.8 Å². The van der Waals surface area contributed by atoms with Crippen molar-refractivity contribution in [3.63, 3.8) is 0 Å². The number of nitrogens with one attached hydrogen (secondary N) is 1. The third kappa shape index (κ3) is 2.33. The lowest BCUT2D eigenvalue weighted by Gasteiger charge is -2.24. The highest BCUT2D eigenvalue weighted by Gasteiger charge is 2.22. The molecule has 0 bridgehead atoms. The largest absolute Gasteiger partial charge is 0.339 e. The van der Waals surface area contributed by atoms with E-state index in [1.54, 1.807) is 0 Å². The lowest BCUT2D eigenvalue weighted by Crippen LogP contribution is -2.46. The van der Waals surface area contributed by atoms with Crippen molar-refractivity contribution in [2.75, 3.05) is 6.54 Å². The maximum Gasteiger partial charge on any atom is 0.213 e. The zero-order valence-corrected chi connectivity index (χ0v) is 9.56. The Morgan fingerprint density at radius 1 is 1.44 bits per heavy atom. The van der Waals surface area contributed by atoms with Gasteiger partial charge in [-0.15, -0.1) is 0 Å². The van der Waals surface area contributed by atoms with Gasteiger partial charge in [0.25, 0.3) is 0 Å². The molecule has 0 spiro atoms. The van der Waals surface area contributed by atoms with E-state index >= 15 is 0 Å². The highest BCUT2D eigenvalue weighted by atomic mass is 15.4. The molecule has 1 saturated heterocycles. The van der Waals surface area contributed by atoms with Gasteiger partial charge in [0, 0.05) is 12.6 Å². The van der Waals surface area contributed by atoms with Crippen LogP contribution in [0, 0.1) is 0 Å². The van der Waals surface area contributed by atoms with Gasteiger partial charge >= 0.3 is 0 Å². The number of hydrogen-bond acceptors (Lipinski definition) is 2. The second-order valence-electron chi connectivity index (χ2n) is 4.10. The van der Waals surface area contributed by atoms with Crippen LogP contribution in [-0.4, -0.2) is 23.4 Å². The Morgan fingerprint density at radius 3 is 2.75 bits per heavy atom. The van der Waals surface area contributed by atoms with Crippen molar-refractivity contribution < 1.29 is 0 Å². The first-order valence-electron chi connectivity index (χ1n) is 5.68. The van der Waals surface area contributed by atoms with Crippen LogP contribution in [0.1, 0.15) is 19.8 Å². The van der Waals surface area contributed by atoms with Gasteiger partial charge in [-0.25, -0.2) is 10.8 Å². The van der Waals surface area contributed by atoms with E-state index in [2.05, 4.69) is 22.2 Å². The predicted octanol–water partition coefficient (Wildman–Crippen LogP) is 1.62. The summed E-state index contributed by atoms with van der Waals surface area (Å²) in [6.45, 7) is 3.22. The van der Waals surface area contributed by atoms with Gasteiger partial charge in [0.15, 0.2) is 0 Å². The Bertz CT molecular complexity index is 361. The van der Waals surface area contributed by atoms with E-state index in [0.29, 0.717) is 6.04 Å². The molecule has 1 atom stereocenters.